The third kappa shape index (κ3) is 2.72. The van der Waals surface area contributed by atoms with Crippen LogP contribution in [-0.2, 0) is 10.9 Å². The average Bonchev–Trinajstić information content (AvgIpc) is 2.80. The first-order valence-electron chi connectivity index (χ1n) is 5.43. The number of ether oxygens (including phenoxy) is 1. The molecule has 0 saturated heterocycles. The van der Waals surface area contributed by atoms with Gasteiger partial charge in [-0.2, -0.15) is 13.2 Å². The topological polar surface area (TPSA) is 39.2 Å². The molecule has 0 saturated carbocycles. The van der Waals surface area contributed by atoms with E-state index in [9.17, 15) is 18.0 Å². The molecule has 1 aromatic heterocycles. The predicted molar refractivity (Wildman–Crippen MR) is 61.8 cm³/mol. The van der Waals surface area contributed by atoms with Gasteiger partial charge in [-0.25, -0.2) is 4.98 Å². The van der Waals surface area contributed by atoms with Gasteiger partial charge in [0.25, 0.3) is 0 Å². The number of aromatic nitrogens is 1. The maximum absolute atomic E-state index is 12.4. The molecule has 0 aliphatic carbocycles. The molecule has 18 heavy (non-hydrogen) atoms. The van der Waals surface area contributed by atoms with E-state index in [0.29, 0.717) is 24.2 Å². The molecule has 1 heterocycles. The van der Waals surface area contributed by atoms with Crippen molar-refractivity contribution in [1.29, 1.82) is 0 Å². The Kier molecular flexibility index (Phi) is 4.50. The average molecular weight is 281 g/mol. The zero-order valence-electron chi connectivity index (χ0n) is 10.3. The number of hydrogen-bond donors (Lipinski definition) is 0. The van der Waals surface area contributed by atoms with Gasteiger partial charge < -0.3 is 4.74 Å². The molecule has 7 heteroatoms. The molecular formula is C11H14F3NO2S. The highest BCUT2D eigenvalue weighted by Gasteiger charge is 2.40. The Hall–Kier alpha value is -0.950. The highest BCUT2D eigenvalue weighted by atomic mass is 32.1. The van der Waals surface area contributed by atoms with Crippen LogP contribution in [0.4, 0.5) is 13.2 Å². The van der Waals surface area contributed by atoms with E-state index in [1.54, 1.807) is 13.8 Å². The minimum Gasteiger partial charge on any atom is -0.370 e. The number of ketones is 1. The van der Waals surface area contributed by atoms with Gasteiger partial charge in [0, 0.05) is 13.3 Å². The monoisotopic (exact) mass is 281 g/mol. The first-order valence-corrected chi connectivity index (χ1v) is 6.25. The van der Waals surface area contributed by atoms with Crippen LogP contribution >= 0.6 is 11.3 Å². The highest BCUT2D eigenvalue weighted by Crippen LogP contribution is 2.35. The molecule has 102 valence electrons. The van der Waals surface area contributed by atoms with Crippen LogP contribution in [0, 0.1) is 0 Å². The van der Waals surface area contributed by atoms with Gasteiger partial charge in [0.05, 0.1) is 4.88 Å². The number of hydrogen-bond acceptors (Lipinski definition) is 4. The van der Waals surface area contributed by atoms with E-state index in [4.69, 9.17) is 4.74 Å². The van der Waals surface area contributed by atoms with Gasteiger partial charge in [0.15, 0.2) is 5.01 Å². The standard InChI is InChI=1S/C11H14F3NO2S/c1-4-10(5-2,17-3)8(16)7-6-15-9(18-7)11(12,13)14/h6H,4-5H2,1-3H3. The van der Waals surface area contributed by atoms with Crippen LogP contribution in [0.5, 0.6) is 0 Å². The summed E-state index contributed by atoms with van der Waals surface area (Å²) in [5, 5.41) is -1.01. The molecule has 0 spiro atoms. The predicted octanol–water partition coefficient (Wildman–Crippen LogP) is 3.55. The van der Waals surface area contributed by atoms with Crippen molar-refractivity contribution in [2.24, 2.45) is 0 Å². The fraction of sp³-hybridized carbons (Fsp3) is 0.636. The third-order valence-corrected chi connectivity index (χ3v) is 3.96. The Bertz CT molecular complexity index is 416. The number of methoxy groups -OCH3 is 1. The molecule has 0 radical (unpaired) electrons. The number of thiazole rings is 1. The molecule has 1 rings (SSSR count). The quantitative estimate of drug-likeness (QED) is 0.775. The third-order valence-electron chi connectivity index (χ3n) is 2.92. The van der Waals surface area contributed by atoms with E-state index in [1.165, 1.54) is 7.11 Å². The molecule has 0 amide bonds. The number of Topliss-reactive ketones (excluding diaryl/α,β-unsaturated/α-hetero) is 1. The zero-order chi connectivity index (χ0) is 14.0. The van der Waals surface area contributed by atoms with Gasteiger partial charge in [-0.15, -0.1) is 11.3 Å². The number of alkyl halides is 3. The second-order valence-electron chi connectivity index (χ2n) is 3.76. The molecule has 0 aromatic carbocycles. The SMILES string of the molecule is CCC(CC)(OC)C(=O)c1cnc(C(F)(F)F)s1. The summed E-state index contributed by atoms with van der Waals surface area (Å²) in [4.78, 5) is 15.4. The maximum Gasteiger partial charge on any atom is 0.443 e. The Morgan fingerprint density at radius 2 is 1.94 bits per heavy atom. The zero-order valence-corrected chi connectivity index (χ0v) is 11.1. The second-order valence-corrected chi connectivity index (χ2v) is 4.79. The van der Waals surface area contributed by atoms with Crippen molar-refractivity contribution >= 4 is 17.1 Å². The van der Waals surface area contributed by atoms with Gasteiger partial charge in [0.1, 0.15) is 5.60 Å². The highest BCUT2D eigenvalue weighted by molar-refractivity contribution is 7.13. The molecule has 0 aliphatic heterocycles. The summed E-state index contributed by atoms with van der Waals surface area (Å²) in [5.41, 5.74) is -1.06. The van der Waals surface area contributed by atoms with Crippen LogP contribution in [0.3, 0.4) is 0 Å². The minimum absolute atomic E-state index is 0.0205. The Labute approximate surface area is 107 Å². The van der Waals surface area contributed by atoms with Crippen LogP contribution in [0.25, 0.3) is 0 Å². The van der Waals surface area contributed by atoms with Gasteiger partial charge >= 0.3 is 6.18 Å². The summed E-state index contributed by atoms with van der Waals surface area (Å²) in [6.07, 6.45) is -2.75. The molecule has 0 unspecified atom stereocenters. The van der Waals surface area contributed by atoms with Gasteiger partial charge in [0.2, 0.25) is 5.78 Å². The van der Waals surface area contributed by atoms with E-state index >= 15 is 0 Å². The van der Waals surface area contributed by atoms with E-state index in [0.717, 1.165) is 6.20 Å². The molecule has 3 nitrogen and oxygen atoms in total. The van der Waals surface area contributed by atoms with E-state index < -0.39 is 22.6 Å². The molecule has 0 fully saturated rings. The fourth-order valence-electron chi connectivity index (χ4n) is 1.69. The number of halogens is 3. The normalized spacial score (nSPS) is 12.8. The number of nitrogens with zero attached hydrogens (tertiary/aromatic N) is 1. The summed E-state index contributed by atoms with van der Waals surface area (Å²) in [5.74, 6) is -0.442. The molecule has 0 aliphatic rings. The Morgan fingerprint density at radius 3 is 2.28 bits per heavy atom. The Balaban J connectivity index is 3.08. The van der Waals surface area contributed by atoms with Crippen LogP contribution in [-0.4, -0.2) is 23.5 Å². The number of rotatable bonds is 5. The summed E-state index contributed by atoms with van der Waals surface area (Å²) < 4.78 is 42.4. The fourth-order valence-corrected chi connectivity index (χ4v) is 2.50. The smallest absolute Gasteiger partial charge is 0.370 e. The van der Waals surface area contributed by atoms with E-state index in [-0.39, 0.29) is 4.88 Å². The van der Waals surface area contributed by atoms with Crippen molar-refractivity contribution in [2.75, 3.05) is 7.11 Å². The number of carbonyl (C=O) groups is 1. The van der Waals surface area contributed by atoms with Crippen LogP contribution < -0.4 is 0 Å². The van der Waals surface area contributed by atoms with Crippen LogP contribution in [0.15, 0.2) is 6.20 Å². The summed E-state index contributed by atoms with van der Waals surface area (Å²) in [7, 11) is 1.39. The lowest BCUT2D eigenvalue weighted by Crippen LogP contribution is -2.39. The molecule has 0 N–H and O–H groups in total. The maximum atomic E-state index is 12.4. The second kappa shape index (κ2) is 5.36. The summed E-state index contributed by atoms with van der Waals surface area (Å²) in [6, 6.07) is 0. The van der Waals surface area contributed by atoms with Crippen LogP contribution in [0.1, 0.15) is 41.4 Å². The van der Waals surface area contributed by atoms with Gasteiger partial charge in [-0.3, -0.25) is 4.79 Å². The lowest BCUT2D eigenvalue weighted by Gasteiger charge is -2.27. The summed E-state index contributed by atoms with van der Waals surface area (Å²) >= 11 is 0.355. The first kappa shape index (κ1) is 15.1. The van der Waals surface area contributed by atoms with Crippen molar-refractivity contribution in [3.8, 4) is 0 Å². The minimum atomic E-state index is -4.52. The van der Waals surface area contributed by atoms with Crippen LogP contribution in [0.2, 0.25) is 0 Å². The van der Waals surface area contributed by atoms with E-state index in [1.807, 2.05) is 0 Å². The Morgan fingerprint density at radius 1 is 1.39 bits per heavy atom. The molecular weight excluding hydrogens is 267 g/mol. The number of carbonyl (C=O) groups excluding carboxylic acids is 1. The lowest BCUT2D eigenvalue weighted by atomic mass is 9.91. The van der Waals surface area contributed by atoms with E-state index in [2.05, 4.69) is 4.98 Å². The first-order chi connectivity index (χ1) is 8.30. The molecule has 1 aromatic rings. The van der Waals surface area contributed by atoms with Crippen molar-refractivity contribution < 1.29 is 22.7 Å². The van der Waals surface area contributed by atoms with Crippen molar-refractivity contribution in [1.82, 2.24) is 4.98 Å². The molecule has 0 bridgehead atoms. The van der Waals surface area contributed by atoms with Gasteiger partial charge in [-0.05, 0) is 12.8 Å². The van der Waals surface area contributed by atoms with Gasteiger partial charge in [-0.1, -0.05) is 13.8 Å². The van der Waals surface area contributed by atoms with Crippen molar-refractivity contribution in [3.05, 3.63) is 16.1 Å². The summed E-state index contributed by atoms with van der Waals surface area (Å²) in [6.45, 7) is 3.52. The van der Waals surface area contributed by atoms with Crippen molar-refractivity contribution in [3.63, 3.8) is 0 Å². The molecule has 0 atom stereocenters. The largest absolute Gasteiger partial charge is 0.443 e. The lowest BCUT2D eigenvalue weighted by molar-refractivity contribution is -0.137. The van der Waals surface area contributed by atoms with Crippen molar-refractivity contribution in [2.45, 2.75) is 38.5 Å².